The molecule has 0 fully saturated rings. The van der Waals surface area contributed by atoms with Gasteiger partial charge in [0.1, 0.15) is 0 Å². The van der Waals surface area contributed by atoms with Crippen LogP contribution in [0.15, 0.2) is 18.4 Å². The third-order valence-electron chi connectivity index (χ3n) is 2.13. The lowest BCUT2D eigenvalue weighted by atomic mass is 10.0. The Labute approximate surface area is 102 Å². The predicted molar refractivity (Wildman–Crippen MR) is 64.3 cm³/mol. The topological polar surface area (TPSA) is 52.6 Å². The number of esters is 2. The summed E-state index contributed by atoms with van der Waals surface area (Å²) in [6.45, 7) is 7.39. The predicted octanol–water partition coefficient (Wildman–Crippen LogP) is 2.24. The molecule has 96 valence electrons. The zero-order chi connectivity index (χ0) is 13.1. The van der Waals surface area contributed by atoms with Crippen LogP contribution in [0, 0.1) is 5.92 Å². The Morgan fingerprint density at radius 3 is 2.18 bits per heavy atom. The van der Waals surface area contributed by atoms with Gasteiger partial charge in [-0.3, -0.25) is 9.59 Å². The van der Waals surface area contributed by atoms with E-state index in [9.17, 15) is 9.59 Å². The molecule has 0 spiro atoms. The van der Waals surface area contributed by atoms with E-state index in [1.165, 1.54) is 0 Å². The van der Waals surface area contributed by atoms with Gasteiger partial charge in [0.25, 0.3) is 0 Å². The maximum absolute atomic E-state index is 11.6. The van der Waals surface area contributed by atoms with Gasteiger partial charge in [0.2, 0.25) is 0 Å². The van der Waals surface area contributed by atoms with Crippen LogP contribution < -0.4 is 0 Å². The highest BCUT2D eigenvalue weighted by Gasteiger charge is 2.28. The van der Waals surface area contributed by atoms with Gasteiger partial charge in [0, 0.05) is 0 Å². The fourth-order valence-electron chi connectivity index (χ4n) is 1.34. The van der Waals surface area contributed by atoms with Gasteiger partial charge < -0.3 is 9.47 Å². The van der Waals surface area contributed by atoms with Crippen LogP contribution >= 0.6 is 0 Å². The second kappa shape index (κ2) is 9.67. The summed E-state index contributed by atoms with van der Waals surface area (Å²) in [7, 11) is 0. The first-order valence-electron chi connectivity index (χ1n) is 5.84. The summed E-state index contributed by atoms with van der Waals surface area (Å²) in [6, 6.07) is 0. The summed E-state index contributed by atoms with van der Waals surface area (Å²) in [5.74, 6) is -1.82. The minimum Gasteiger partial charge on any atom is -0.465 e. The maximum atomic E-state index is 11.6. The average molecular weight is 240 g/mol. The molecule has 4 heteroatoms. The fourth-order valence-corrected chi connectivity index (χ4v) is 1.34. The van der Waals surface area contributed by atoms with Crippen molar-refractivity contribution in [1.82, 2.24) is 0 Å². The summed E-state index contributed by atoms with van der Waals surface area (Å²) < 4.78 is 9.70. The molecule has 0 saturated carbocycles. The van der Waals surface area contributed by atoms with Crippen molar-refractivity contribution in [1.29, 1.82) is 0 Å². The van der Waals surface area contributed by atoms with Gasteiger partial charge in [-0.2, -0.15) is 0 Å². The minimum absolute atomic E-state index is 0.265. The molecule has 0 heterocycles. The SMILES string of the molecule is C=C=CCCCC(C(=O)OCC)C(=O)OCC. The molecule has 0 rings (SSSR count). The molecule has 0 N–H and O–H groups in total. The highest BCUT2D eigenvalue weighted by Crippen LogP contribution is 2.13. The minimum atomic E-state index is -0.812. The van der Waals surface area contributed by atoms with Crippen LogP contribution in [0.25, 0.3) is 0 Å². The lowest BCUT2D eigenvalue weighted by Gasteiger charge is -2.13. The Bertz CT molecular complexity index is 272. The van der Waals surface area contributed by atoms with Crippen LogP contribution in [-0.2, 0) is 19.1 Å². The zero-order valence-corrected chi connectivity index (χ0v) is 10.5. The van der Waals surface area contributed by atoms with Crippen molar-refractivity contribution in [2.45, 2.75) is 33.1 Å². The third kappa shape index (κ3) is 6.59. The van der Waals surface area contributed by atoms with Gasteiger partial charge in [-0.05, 0) is 39.2 Å². The standard InChI is InChI=1S/C13H20O4/c1-4-7-8-9-10-11(12(14)16-5-2)13(15)17-6-3/h7,11H,1,5-6,8-10H2,2-3H3. The molecular formula is C13H20O4. The van der Waals surface area contributed by atoms with Crippen LogP contribution in [0.3, 0.4) is 0 Å². The van der Waals surface area contributed by atoms with Gasteiger partial charge in [0.15, 0.2) is 5.92 Å². The first kappa shape index (κ1) is 15.5. The zero-order valence-electron chi connectivity index (χ0n) is 10.5. The molecule has 0 radical (unpaired) electrons. The Kier molecular flexibility index (Phi) is 8.79. The Morgan fingerprint density at radius 1 is 1.24 bits per heavy atom. The van der Waals surface area contributed by atoms with Gasteiger partial charge in [-0.15, -0.1) is 5.73 Å². The molecular weight excluding hydrogens is 220 g/mol. The molecule has 0 aliphatic rings. The quantitative estimate of drug-likeness (QED) is 0.282. The molecule has 0 unspecified atom stereocenters. The van der Waals surface area contributed by atoms with Crippen molar-refractivity contribution in [3.63, 3.8) is 0 Å². The van der Waals surface area contributed by atoms with E-state index < -0.39 is 17.9 Å². The molecule has 0 aliphatic heterocycles. The van der Waals surface area contributed by atoms with E-state index in [0.29, 0.717) is 12.8 Å². The van der Waals surface area contributed by atoms with E-state index in [2.05, 4.69) is 12.3 Å². The van der Waals surface area contributed by atoms with Crippen molar-refractivity contribution in [2.24, 2.45) is 5.92 Å². The van der Waals surface area contributed by atoms with Crippen molar-refractivity contribution < 1.29 is 19.1 Å². The summed E-state index contributed by atoms with van der Waals surface area (Å²) in [4.78, 5) is 23.1. The molecule has 0 aliphatic carbocycles. The normalized spacial score (nSPS) is 9.59. The monoisotopic (exact) mass is 240 g/mol. The van der Waals surface area contributed by atoms with E-state index in [1.54, 1.807) is 19.9 Å². The van der Waals surface area contributed by atoms with Gasteiger partial charge >= 0.3 is 11.9 Å². The third-order valence-corrected chi connectivity index (χ3v) is 2.13. The number of allylic oxidation sites excluding steroid dienone is 1. The number of carbonyl (C=O) groups is 2. The molecule has 0 aromatic rings. The number of hydrogen-bond acceptors (Lipinski definition) is 4. The Hall–Kier alpha value is -1.54. The molecule has 0 aromatic carbocycles. The lowest BCUT2D eigenvalue weighted by Crippen LogP contribution is -2.28. The number of rotatable bonds is 8. The highest BCUT2D eigenvalue weighted by atomic mass is 16.6. The number of carbonyl (C=O) groups excluding carboxylic acids is 2. The van der Waals surface area contributed by atoms with Crippen molar-refractivity contribution >= 4 is 11.9 Å². The van der Waals surface area contributed by atoms with E-state index in [4.69, 9.17) is 9.47 Å². The number of ether oxygens (including phenoxy) is 2. The number of unbranched alkanes of at least 4 members (excludes halogenated alkanes) is 1. The van der Waals surface area contributed by atoms with Crippen molar-refractivity contribution in [2.75, 3.05) is 13.2 Å². The smallest absolute Gasteiger partial charge is 0.320 e. The van der Waals surface area contributed by atoms with E-state index in [0.717, 1.165) is 6.42 Å². The molecule has 0 saturated heterocycles. The summed E-state index contributed by atoms with van der Waals surface area (Å²) in [5, 5.41) is 0. The van der Waals surface area contributed by atoms with Gasteiger partial charge in [-0.25, -0.2) is 0 Å². The molecule has 0 atom stereocenters. The fraction of sp³-hybridized carbons (Fsp3) is 0.615. The van der Waals surface area contributed by atoms with E-state index in [-0.39, 0.29) is 13.2 Å². The van der Waals surface area contributed by atoms with Crippen molar-refractivity contribution in [3.8, 4) is 0 Å². The number of hydrogen-bond donors (Lipinski definition) is 0. The lowest BCUT2D eigenvalue weighted by molar-refractivity contribution is -0.161. The summed E-state index contributed by atoms with van der Waals surface area (Å²) in [5.41, 5.74) is 2.64. The Balaban J connectivity index is 4.33. The molecule has 17 heavy (non-hydrogen) atoms. The molecule has 0 amide bonds. The van der Waals surface area contributed by atoms with Crippen LogP contribution in [0.1, 0.15) is 33.1 Å². The average Bonchev–Trinajstić information content (AvgIpc) is 2.29. The summed E-state index contributed by atoms with van der Waals surface area (Å²) >= 11 is 0. The molecule has 0 bridgehead atoms. The second-order valence-electron chi connectivity index (χ2n) is 3.40. The van der Waals surface area contributed by atoms with Crippen LogP contribution in [0.5, 0.6) is 0 Å². The first-order valence-corrected chi connectivity index (χ1v) is 5.84. The van der Waals surface area contributed by atoms with Gasteiger partial charge in [-0.1, -0.05) is 6.58 Å². The Morgan fingerprint density at radius 2 is 1.76 bits per heavy atom. The largest absolute Gasteiger partial charge is 0.465 e. The van der Waals surface area contributed by atoms with Crippen molar-refractivity contribution in [3.05, 3.63) is 18.4 Å². The van der Waals surface area contributed by atoms with Crippen LogP contribution in [0.2, 0.25) is 0 Å². The second-order valence-corrected chi connectivity index (χ2v) is 3.40. The van der Waals surface area contributed by atoms with Gasteiger partial charge in [0.05, 0.1) is 13.2 Å². The molecule has 0 aromatic heterocycles. The van der Waals surface area contributed by atoms with Crippen LogP contribution in [-0.4, -0.2) is 25.2 Å². The maximum Gasteiger partial charge on any atom is 0.320 e. The summed E-state index contributed by atoms with van der Waals surface area (Å²) in [6.07, 6.45) is 3.63. The molecule has 4 nitrogen and oxygen atoms in total. The van der Waals surface area contributed by atoms with Crippen LogP contribution in [0.4, 0.5) is 0 Å². The van der Waals surface area contributed by atoms with E-state index in [1.807, 2.05) is 0 Å². The van der Waals surface area contributed by atoms with E-state index >= 15 is 0 Å². The highest BCUT2D eigenvalue weighted by molar-refractivity contribution is 5.94. The first-order chi connectivity index (χ1) is 8.17.